The Labute approximate surface area is 95.2 Å². The molecule has 2 atom stereocenters. The van der Waals surface area contributed by atoms with Crippen molar-refractivity contribution in [3.05, 3.63) is 29.3 Å². The van der Waals surface area contributed by atoms with Crippen molar-refractivity contribution in [1.29, 1.82) is 0 Å². The summed E-state index contributed by atoms with van der Waals surface area (Å²) in [5, 5.41) is 6.55. The first-order chi connectivity index (χ1) is 7.86. The van der Waals surface area contributed by atoms with Crippen molar-refractivity contribution >= 4 is 5.69 Å². The second kappa shape index (κ2) is 4.06. The molecule has 0 radical (unpaired) electrons. The van der Waals surface area contributed by atoms with Gasteiger partial charge < -0.3 is 10.6 Å². The Bertz CT molecular complexity index is 386. The molecule has 0 aliphatic carbocycles. The Balaban J connectivity index is 1.91. The minimum atomic E-state index is -0.872. The molecule has 0 spiro atoms. The van der Waals surface area contributed by atoms with E-state index >= 15 is 0 Å². The third kappa shape index (κ3) is 1.59. The standard InChI is InChI=1S/C13H17FN2/c14-12(11-5-2-7-15-11)10-4-1-3-9-6-8-16-13(9)10/h1,3-4,11-12,15-16H,2,5-8H2. The first-order valence-electron chi connectivity index (χ1n) is 6.09. The van der Waals surface area contributed by atoms with E-state index in [4.69, 9.17) is 0 Å². The van der Waals surface area contributed by atoms with E-state index in [2.05, 4.69) is 16.7 Å². The topological polar surface area (TPSA) is 24.1 Å². The second-order valence-corrected chi connectivity index (χ2v) is 4.66. The van der Waals surface area contributed by atoms with E-state index in [1.54, 1.807) is 0 Å². The van der Waals surface area contributed by atoms with Crippen LogP contribution in [0.1, 0.15) is 30.1 Å². The summed E-state index contributed by atoms with van der Waals surface area (Å²) < 4.78 is 14.4. The lowest BCUT2D eigenvalue weighted by Crippen LogP contribution is -2.26. The minimum Gasteiger partial charge on any atom is -0.384 e. The van der Waals surface area contributed by atoms with Crippen LogP contribution < -0.4 is 10.6 Å². The normalized spacial score (nSPS) is 25.2. The maximum atomic E-state index is 14.4. The molecule has 1 aromatic rings. The zero-order valence-electron chi connectivity index (χ0n) is 9.30. The molecule has 16 heavy (non-hydrogen) atoms. The lowest BCUT2D eigenvalue weighted by Gasteiger charge is -2.19. The lowest BCUT2D eigenvalue weighted by atomic mass is 9.98. The fourth-order valence-corrected chi connectivity index (χ4v) is 2.77. The predicted molar refractivity (Wildman–Crippen MR) is 63.5 cm³/mol. The summed E-state index contributed by atoms with van der Waals surface area (Å²) in [6, 6.07) is 5.99. The molecule has 86 valence electrons. The third-order valence-corrected chi connectivity index (χ3v) is 3.63. The van der Waals surface area contributed by atoms with E-state index in [1.165, 1.54) is 5.56 Å². The van der Waals surface area contributed by atoms with Crippen LogP contribution in [0.25, 0.3) is 0 Å². The summed E-state index contributed by atoms with van der Waals surface area (Å²) in [6.45, 7) is 1.89. The summed E-state index contributed by atoms with van der Waals surface area (Å²) in [4.78, 5) is 0. The number of anilines is 1. The molecule has 0 bridgehead atoms. The van der Waals surface area contributed by atoms with E-state index in [0.717, 1.165) is 43.6 Å². The lowest BCUT2D eigenvalue weighted by molar-refractivity contribution is 0.272. The number of hydrogen-bond donors (Lipinski definition) is 2. The average Bonchev–Trinajstić information content (AvgIpc) is 2.98. The van der Waals surface area contributed by atoms with Crippen LogP contribution in [0, 0.1) is 0 Å². The van der Waals surface area contributed by atoms with E-state index in [0.29, 0.717) is 0 Å². The highest BCUT2D eigenvalue weighted by Gasteiger charge is 2.29. The molecule has 2 aliphatic rings. The maximum Gasteiger partial charge on any atom is 0.142 e. The van der Waals surface area contributed by atoms with Crippen molar-refractivity contribution in [1.82, 2.24) is 5.32 Å². The number of fused-ring (bicyclic) bond motifs is 1. The summed E-state index contributed by atoms with van der Waals surface area (Å²) >= 11 is 0. The van der Waals surface area contributed by atoms with Gasteiger partial charge in [0.25, 0.3) is 0 Å². The van der Waals surface area contributed by atoms with Crippen LogP contribution in [0.15, 0.2) is 18.2 Å². The Hall–Kier alpha value is -1.09. The van der Waals surface area contributed by atoms with Crippen molar-refractivity contribution in [3.63, 3.8) is 0 Å². The summed E-state index contributed by atoms with van der Waals surface area (Å²) in [5.74, 6) is 0. The molecule has 1 saturated heterocycles. The summed E-state index contributed by atoms with van der Waals surface area (Å²) in [5.41, 5.74) is 3.15. The Morgan fingerprint density at radius 1 is 1.31 bits per heavy atom. The monoisotopic (exact) mass is 220 g/mol. The van der Waals surface area contributed by atoms with E-state index in [-0.39, 0.29) is 6.04 Å². The van der Waals surface area contributed by atoms with Gasteiger partial charge in [0.15, 0.2) is 0 Å². The largest absolute Gasteiger partial charge is 0.384 e. The highest BCUT2D eigenvalue weighted by Crippen LogP contribution is 2.35. The first kappa shape index (κ1) is 10.1. The van der Waals surface area contributed by atoms with Gasteiger partial charge in [0, 0.05) is 23.8 Å². The molecule has 2 aliphatic heterocycles. The number of nitrogens with one attached hydrogen (secondary N) is 2. The van der Waals surface area contributed by atoms with Gasteiger partial charge in [-0.25, -0.2) is 4.39 Å². The number of alkyl halides is 1. The number of benzene rings is 1. The molecule has 1 fully saturated rings. The Morgan fingerprint density at radius 3 is 3.06 bits per heavy atom. The van der Waals surface area contributed by atoms with Crippen LogP contribution in [0.3, 0.4) is 0 Å². The van der Waals surface area contributed by atoms with E-state index < -0.39 is 6.17 Å². The number of para-hydroxylation sites is 1. The molecule has 2 heterocycles. The average molecular weight is 220 g/mol. The van der Waals surface area contributed by atoms with Crippen molar-refractivity contribution in [2.75, 3.05) is 18.4 Å². The molecule has 0 amide bonds. The summed E-state index contributed by atoms with van der Waals surface area (Å²) in [6.07, 6.45) is 2.19. The van der Waals surface area contributed by atoms with Crippen molar-refractivity contribution in [2.24, 2.45) is 0 Å². The van der Waals surface area contributed by atoms with Crippen molar-refractivity contribution in [2.45, 2.75) is 31.5 Å². The molecule has 3 heteroatoms. The van der Waals surface area contributed by atoms with E-state index in [9.17, 15) is 4.39 Å². The van der Waals surface area contributed by atoms with Crippen LogP contribution in [-0.4, -0.2) is 19.1 Å². The van der Waals surface area contributed by atoms with Gasteiger partial charge in [-0.1, -0.05) is 18.2 Å². The molecule has 2 unspecified atom stereocenters. The number of halogens is 1. The summed E-state index contributed by atoms with van der Waals surface area (Å²) in [7, 11) is 0. The van der Waals surface area contributed by atoms with E-state index in [1.807, 2.05) is 12.1 Å². The highest BCUT2D eigenvalue weighted by molar-refractivity contribution is 5.62. The highest BCUT2D eigenvalue weighted by atomic mass is 19.1. The van der Waals surface area contributed by atoms with Gasteiger partial charge in [0.05, 0.1) is 0 Å². The molecule has 2 N–H and O–H groups in total. The van der Waals surface area contributed by atoms with Gasteiger partial charge in [-0.2, -0.15) is 0 Å². The Morgan fingerprint density at radius 2 is 2.25 bits per heavy atom. The molecule has 1 aromatic carbocycles. The fourth-order valence-electron chi connectivity index (χ4n) is 2.77. The quantitative estimate of drug-likeness (QED) is 0.799. The molecule has 2 nitrogen and oxygen atoms in total. The SMILES string of the molecule is FC(c1cccc2c1NCC2)C1CCCN1. The van der Waals surface area contributed by atoms with Gasteiger partial charge in [0.2, 0.25) is 0 Å². The predicted octanol–water partition coefficient (Wildman–Crippen LogP) is 2.42. The van der Waals surface area contributed by atoms with Crippen molar-refractivity contribution < 1.29 is 4.39 Å². The minimum absolute atomic E-state index is 0.00824. The Kier molecular flexibility index (Phi) is 2.56. The molecular weight excluding hydrogens is 203 g/mol. The second-order valence-electron chi connectivity index (χ2n) is 4.66. The van der Waals surface area contributed by atoms with Gasteiger partial charge in [-0.3, -0.25) is 0 Å². The zero-order valence-corrected chi connectivity index (χ0v) is 9.30. The molecule has 0 saturated carbocycles. The van der Waals surface area contributed by atoms with Crippen LogP contribution in [0.4, 0.5) is 10.1 Å². The maximum absolute atomic E-state index is 14.4. The molecule has 3 rings (SSSR count). The molecular formula is C13H17FN2. The van der Waals surface area contributed by atoms with Gasteiger partial charge in [-0.15, -0.1) is 0 Å². The first-order valence-corrected chi connectivity index (χ1v) is 6.09. The van der Waals surface area contributed by atoms with Gasteiger partial charge >= 0.3 is 0 Å². The zero-order chi connectivity index (χ0) is 11.0. The van der Waals surface area contributed by atoms with Gasteiger partial charge in [0.1, 0.15) is 6.17 Å². The van der Waals surface area contributed by atoms with Crippen molar-refractivity contribution in [3.8, 4) is 0 Å². The smallest absolute Gasteiger partial charge is 0.142 e. The third-order valence-electron chi connectivity index (χ3n) is 3.63. The number of rotatable bonds is 2. The number of hydrogen-bond acceptors (Lipinski definition) is 2. The van der Waals surface area contributed by atoms with Crippen LogP contribution in [0.2, 0.25) is 0 Å². The van der Waals surface area contributed by atoms with Crippen LogP contribution in [-0.2, 0) is 6.42 Å². The molecule has 0 aromatic heterocycles. The fraction of sp³-hybridized carbons (Fsp3) is 0.538. The van der Waals surface area contributed by atoms with Crippen LogP contribution >= 0.6 is 0 Å². The van der Waals surface area contributed by atoms with Crippen LogP contribution in [0.5, 0.6) is 0 Å². The van der Waals surface area contributed by atoms with Gasteiger partial charge in [-0.05, 0) is 31.4 Å².